The summed E-state index contributed by atoms with van der Waals surface area (Å²) in [6, 6.07) is 5.53. The van der Waals surface area contributed by atoms with Crippen LogP contribution in [0.5, 0.6) is 0 Å². The molecule has 3 aromatic rings. The molecule has 3 rings (SSSR count). The molecule has 1 aromatic carbocycles. The third-order valence-electron chi connectivity index (χ3n) is 6.71. The van der Waals surface area contributed by atoms with E-state index in [4.69, 9.17) is 4.98 Å². The number of nitrogens with zero attached hydrogens (tertiary/aromatic N) is 6. The van der Waals surface area contributed by atoms with E-state index < -0.39 is 6.04 Å². The molecule has 0 unspecified atom stereocenters. The summed E-state index contributed by atoms with van der Waals surface area (Å²) < 4.78 is 2.01. The monoisotopic (exact) mass is 587 g/mol. The van der Waals surface area contributed by atoms with E-state index in [1.54, 1.807) is 26.2 Å². The number of likely N-dealkylation sites (N-methyl/N-ethyl adjacent to an activating group) is 2. The fraction of sp³-hybridized carbons (Fsp3) is 0.469. The van der Waals surface area contributed by atoms with Crippen molar-refractivity contribution >= 4 is 40.2 Å². The van der Waals surface area contributed by atoms with Gasteiger partial charge in [-0.05, 0) is 58.5 Å². The molecule has 0 saturated carbocycles. The number of carbonyl (C=O) groups excluding carboxylic acids is 2. The van der Waals surface area contributed by atoms with Crippen LogP contribution in [0.1, 0.15) is 52.0 Å². The molecule has 11 heteroatoms. The molecule has 1 atom stereocenters. The quantitative estimate of drug-likeness (QED) is 0.139. The van der Waals surface area contributed by atoms with Gasteiger partial charge in [0.05, 0.1) is 23.5 Å². The largest absolute Gasteiger partial charge is 0.369 e. The van der Waals surface area contributed by atoms with Crippen LogP contribution in [0.4, 0.5) is 17.5 Å². The van der Waals surface area contributed by atoms with Gasteiger partial charge in [0, 0.05) is 56.8 Å². The number of benzene rings is 1. The van der Waals surface area contributed by atoms with Gasteiger partial charge in [-0.25, -0.2) is 4.98 Å². The molecular formula is C32H45N9O2. The van der Waals surface area contributed by atoms with Crippen molar-refractivity contribution in [3.8, 4) is 11.8 Å². The Kier molecular flexibility index (Phi) is 13.0. The number of nitrogens with one attached hydrogen (secondary N) is 3. The first kappa shape index (κ1) is 33.1. The molecule has 0 fully saturated rings. The minimum absolute atomic E-state index is 0.193. The second kappa shape index (κ2) is 16.9. The van der Waals surface area contributed by atoms with Crippen molar-refractivity contribution in [1.29, 1.82) is 0 Å². The lowest BCUT2D eigenvalue weighted by atomic mass is 10.2. The van der Waals surface area contributed by atoms with Gasteiger partial charge in [-0.2, -0.15) is 10.1 Å². The molecule has 0 saturated heterocycles. The first-order valence-corrected chi connectivity index (χ1v) is 14.9. The number of hydrogen-bond acceptors (Lipinski definition) is 8. The molecule has 2 amide bonds. The van der Waals surface area contributed by atoms with Gasteiger partial charge in [0.25, 0.3) is 0 Å². The molecule has 3 N–H and O–H groups in total. The van der Waals surface area contributed by atoms with Gasteiger partial charge in [-0.15, -0.1) is 0 Å². The van der Waals surface area contributed by atoms with E-state index in [9.17, 15) is 9.59 Å². The molecule has 2 heterocycles. The summed E-state index contributed by atoms with van der Waals surface area (Å²) in [6.07, 6.45) is 10.1. The summed E-state index contributed by atoms with van der Waals surface area (Å²) in [6.45, 7) is 8.71. The Bertz CT molecular complexity index is 1450. The Morgan fingerprint density at radius 3 is 2.67 bits per heavy atom. The van der Waals surface area contributed by atoms with Gasteiger partial charge in [0.15, 0.2) is 0 Å². The normalized spacial score (nSPS) is 11.8. The zero-order valence-electron chi connectivity index (χ0n) is 26.3. The van der Waals surface area contributed by atoms with E-state index in [-0.39, 0.29) is 11.8 Å². The number of aryl methyl sites for hydroxylation is 1. The fourth-order valence-corrected chi connectivity index (χ4v) is 4.12. The van der Waals surface area contributed by atoms with Crippen LogP contribution >= 0.6 is 0 Å². The van der Waals surface area contributed by atoms with E-state index in [2.05, 4.69) is 57.8 Å². The second-order valence-corrected chi connectivity index (χ2v) is 10.6. The van der Waals surface area contributed by atoms with Gasteiger partial charge >= 0.3 is 0 Å². The average molecular weight is 588 g/mol. The van der Waals surface area contributed by atoms with Crippen molar-refractivity contribution in [3.05, 3.63) is 48.3 Å². The SMILES string of the molecule is CCCNc1nc(Nc2ccc3cnn(CCC)c3c2)ncc1C#CCCCNC(=O)[C@H](C)N(C)C(=O)/C=C/CN(C)C. The van der Waals surface area contributed by atoms with Gasteiger partial charge in [-0.3, -0.25) is 14.3 Å². The molecular weight excluding hydrogens is 542 g/mol. The second-order valence-electron chi connectivity index (χ2n) is 10.6. The van der Waals surface area contributed by atoms with E-state index in [1.165, 1.54) is 11.0 Å². The highest BCUT2D eigenvalue weighted by molar-refractivity contribution is 5.92. The van der Waals surface area contributed by atoms with Crippen molar-refractivity contribution in [3.63, 3.8) is 0 Å². The van der Waals surface area contributed by atoms with Crippen LogP contribution in [-0.2, 0) is 16.1 Å². The Labute approximate surface area is 255 Å². The highest BCUT2D eigenvalue weighted by atomic mass is 16.2. The van der Waals surface area contributed by atoms with Crippen molar-refractivity contribution in [1.82, 2.24) is 34.9 Å². The number of fused-ring (bicyclic) bond motifs is 1. The summed E-state index contributed by atoms with van der Waals surface area (Å²) in [4.78, 5) is 37.4. The highest BCUT2D eigenvalue weighted by Gasteiger charge is 2.20. The minimum atomic E-state index is -0.570. The standard InChI is InChI=1S/C32H45N9O2/c1-7-17-33-30-26(13-10-9-11-18-34-31(43)24(3)40(6)29(42)14-12-20-39(4)5)22-35-32(38-30)37-27-16-15-25-23-36-41(19-8-2)28(25)21-27/h12,14-16,21-24H,7-9,11,17-20H2,1-6H3,(H,34,43)(H2,33,35,37,38)/b14-12+/t24-/m0/s1. The Hall–Kier alpha value is -4.43. The number of hydrogen-bond donors (Lipinski definition) is 3. The number of rotatable bonds is 15. The summed E-state index contributed by atoms with van der Waals surface area (Å²) in [5.74, 6) is 7.11. The fourth-order valence-electron chi connectivity index (χ4n) is 4.12. The van der Waals surface area contributed by atoms with E-state index in [0.29, 0.717) is 37.7 Å². The van der Waals surface area contributed by atoms with Crippen molar-refractivity contribution in [2.24, 2.45) is 0 Å². The first-order valence-electron chi connectivity index (χ1n) is 14.9. The van der Waals surface area contributed by atoms with Gasteiger partial charge in [-0.1, -0.05) is 31.8 Å². The van der Waals surface area contributed by atoms with Crippen molar-refractivity contribution < 1.29 is 9.59 Å². The van der Waals surface area contributed by atoms with Crippen LogP contribution in [0.2, 0.25) is 0 Å². The molecule has 0 radical (unpaired) electrons. The zero-order valence-corrected chi connectivity index (χ0v) is 26.3. The molecule has 43 heavy (non-hydrogen) atoms. The predicted octanol–water partition coefficient (Wildman–Crippen LogP) is 4.01. The smallest absolute Gasteiger partial charge is 0.246 e. The molecule has 0 spiro atoms. The summed E-state index contributed by atoms with van der Waals surface area (Å²) in [5, 5.41) is 15.1. The molecule has 2 aromatic heterocycles. The molecule has 0 aliphatic rings. The van der Waals surface area contributed by atoms with Crippen molar-refractivity contribution in [2.45, 2.75) is 59.0 Å². The number of unbranched alkanes of at least 4 members (excludes halogenated alkanes) is 1. The maximum absolute atomic E-state index is 12.5. The van der Waals surface area contributed by atoms with Gasteiger partial charge < -0.3 is 25.8 Å². The van der Waals surface area contributed by atoms with Crippen molar-refractivity contribution in [2.75, 3.05) is 51.4 Å². The Morgan fingerprint density at radius 2 is 1.93 bits per heavy atom. The maximum atomic E-state index is 12.5. The molecule has 0 aliphatic heterocycles. The average Bonchev–Trinajstić information content (AvgIpc) is 3.39. The predicted molar refractivity (Wildman–Crippen MR) is 173 cm³/mol. The summed E-state index contributed by atoms with van der Waals surface area (Å²) in [5.41, 5.74) is 2.67. The lowest BCUT2D eigenvalue weighted by Crippen LogP contribution is -2.45. The van der Waals surface area contributed by atoms with Crippen LogP contribution < -0.4 is 16.0 Å². The van der Waals surface area contributed by atoms with Crippen LogP contribution in [0, 0.1) is 11.8 Å². The number of aromatic nitrogens is 4. The maximum Gasteiger partial charge on any atom is 0.246 e. The summed E-state index contributed by atoms with van der Waals surface area (Å²) >= 11 is 0. The van der Waals surface area contributed by atoms with Crippen LogP contribution in [-0.4, -0.2) is 88.2 Å². The molecule has 230 valence electrons. The number of anilines is 3. The minimum Gasteiger partial charge on any atom is -0.369 e. The van der Waals surface area contributed by atoms with Crippen LogP contribution in [0.25, 0.3) is 10.9 Å². The lowest BCUT2D eigenvalue weighted by Gasteiger charge is -2.23. The number of carbonyl (C=O) groups is 2. The summed E-state index contributed by atoms with van der Waals surface area (Å²) in [7, 11) is 5.49. The third-order valence-corrected chi connectivity index (χ3v) is 6.71. The zero-order chi connectivity index (χ0) is 31.2. The molecule has 11 nitrogen and oxygen atoms in total. The molecule has 0 bridgehead atoms. The van der Waals surface area contributed by atoms with E-state index >= 15 is 0 Å². The van der Waals surface area contributed by atoms with E-state index in [0.717, 1.165) is 48.1 Å². The topological polar surface area (TPSA) is 120 Å². The van der Waals surface area contributed by atoms with Gasteiger partial charge in [0.1, 0.15) is 11.9 Å². The van der Waals surface area contributed by atoms with Gasteiger partial charge in [0.2, 0.25) is 17.8 Å². The highest BCUT2D eigenvalue weighted by Crippen LogP contribution is 2.22. The van der Waals surface area contributed by atoms with Crippen LogP contribution in [0.3, 0.4) is 0 Å². The Morgan fingerprint density at radius 1 is 1.12 bits per heavy atom. The lowest BCUT2D eigenvalue weighted by molar-refractivity contribution is -0.135. The Balaban J connectivity index is 1.55. The van der Waals surface area contributed by atoms with Crippen LogP contribution in [0.15, 0.2) is 42.7 Å². The third kappa shape index (κ3) is 10.1. The first-order chi connectivity index (χ1) is 20.7. The number of amides is 2. The van der Waals surface area contributed by atoms with E-state index in [1.807, 2.05) is 42.0 Å². The molecule has 0 aliphatic carbocycles.